The summed E-state index contributed by atoms with van der Waals surface area (Å²) in [5.41, 5.74) is 3.69. The van der Waals surface area contributed by atoms with Crippen molar-refractivity contribution in [3.05, 3.63) is 90.0 Å². The van der Waals surface area contributed by atoms with Crippen LogP contribution < -0.4 is 5.32 Å². The van der Waals surface area contributed by atoms with Gasteiger partial charge < -0.3 is 14.3 Å². The molecule has 3 aromatic carbocycles. The number of nitrogens with zero attached hydrogens (tertiary/aromatic N) is 3. The normalized spacial score (nSPS) is 12.3. The standard InChI is InChI=1S/C25H22N4O2/c1-16(20-14-8-12-18-9-6-7-13-21(18)20)26-15-22-27-28-25(30-22)23-17(2)31-29-24(23)19-10-4-3-5-11-19/h3-14,16,26H,15H2,1-2H3/p+1/t16-/m1/s1. The van der Waals surface area contributed by atoms with Crippen LogP contribution in [-0.4, -0.2) is 15.4 Å². The van der Waals surface area contributed by atoms with E-state index in [1.54, 1.807) is 0 Å². The largest absolute Gasteiger partial charge is 0.415 e. The molecule has 0 amide bonds. The second-order valence-electron chi connectivity index (χ2n) is 7.63. The SMILES string of the molecule is Cc1onc(-c2ccccc2)c1-c1nnc(C[NH2+][C@H](C)c2cccc3ccccc23)o1. The van der Waals surface area contributed by atoms with Gasteiger partial charge in [0, 0.05) is 11.1 Å². The first-order valence-electron chi connectivity index (χ1n) is 10.4. The third-order valence-electron chi connectivity index (χ3n) is 5.55. The molecule has 0 aliphatic carbocycles. The van der Waals surface area contributed by atoms with Gasteiger partial charge in [-0.15, -0.1) is 10.2 Å². The lowest BCUT2D eigenvalue weighted by Gasteiger charge is -2.12. The zero-order valence-corrected chi connectivity index (χ0v) is 17.4. The monoisotopic (exact) mass is 411 g/mol. The van der Waals surface area contributed by atoms with Gasteiger partial charge in [-0.3, -0.25) is 0 Å². The number of fused-ring (bicyclic) bond motifs is 1. The fourth-order valence-corrected chi connectivity index (χ4v) is 3.91. The Bertz CT molecular complexity index is 1320. The highest BCUT2D eigenvalue weighted by molar-refractivity contribution is 5.85. The predicted octanol–water partition coefficient (Wildman–Crippen LogP) is 4.68. The molecule has 0 aliphatic heterocycles. The van der Waals surface area contributed by atoms with Crippen LogP contribution in [0, 0.1) is 6.92 Å². The molecular formula is C25H23N4O2+. The highest BCUT2D eigenvalue weighted by Gasteiger charge is 2.22. The zero-order valence-electron chi connectivity index (χ0n) is 17.4. The molecule has 0 radical (unpaired) electrons. The van der Waals surface area contributed by atoms with Crippen molar-refractivity contribution in [3.63, 3.8) is 0 Å². The molecule has 5 rings (SSSR count). The van der Waals surface area contributed by atoms with Crippen LogP contribution in [0.1, 0.15) is 30.2 Å². The van der Waals surface area contributed by atoms with Gasteiger partial charge in [-0.25, -0.2) is 0 Å². The zero-order chi connectivity index (χ0) is 21.2. The molecule has 0 aliphatic rings. The summed E-state index contributed by atoms with van der Waals surface area (Å²) in [6, 6.07) is 25.0. The topological polar surface area (TPSA) is 81.6 Å². The number of hydrogen-bond acceptors (Lipinski definition) is 5. The van der Waals surface area contributed by atoms with E-state index in [-0.39, 0.29) is 6.04 Å². The Morgan fingerprint density at radius 1 is 0.903 bits per heavy atom. The molecule has 5 aromatic rings. The molecule has 2 N–H and O–H groups in total. The average Bonchev–Trinajstić information content (AvgIpc) is 3.44. The van der Waals surface area contributed by atoms with Crippen molar-refractivity contribution in [2.45, 2.75) is 26.4 Å². The van der Waals surface area contributed by atoms with E-state index in [4.69, 9.17) is 8.94 Å². The Morgan fingerprint density at radius 2 is 1.68 bits per heavy atom. The third-order valence-corrected chi connectivity index (χ3v) is 5.55. The summed E-state index contributed by atoms with van der Waals surface area (Å²) >= 11 is 0. The lowest BCUT2D eigenvalue weighted by atomic mass is 10.00. The van der Waals surface area contributed by atoms with Crippen LogP contribution in [0.15, 0.2) is 81.7 Å². The molecule has 2 aromatic heterocycles. The van der Waals surface area contributed by atoms with Crippen molar-refractivity contribution in [2.24, 2.45) is 0 Å². The van der Waals surface area contributed by atoms with Crippen LogP contribution in [0.3, 0.4) is 0 Å². The van der Waals surface area contributed by atoms with Crippen LogP contribution in [0.4, 0.5) is 0 Å². The number of aryl methyl sites for hydroxylation is 1. The quantitative estimate of drug-likeness (QED) is 0.439. The number of nitrogens with two attached hydrogens (primary N) is 1. The summed E-state index contributed by atoms with van der Waals surface area (Å²) in [5, 5.41) is 17.5. The minimum absolute atomic E-state index is 0.249. The number of hydrogen-bond donors (Lipinski definition) is 1. The first-order chi connectivity index (χ1) is 15.2. The first kappa shape index (κ1) is 19.2. The Labute approximate surface area is 179 Å². The van der Waals surface area contributed by atoms with Crippen molar-refractivity contribution >= 4 is 10.8 Å². The molecule has 0 saturated carbocycles. The van der Waals surface area contributed by atoms with E-state index in [0.29, 0.717) is 29.8 Å². The minimum atomic E-state index is 0.249. The Kier molecular flexibility index (Phi) is 5.06. The van der Waals surface area contributed by atoms with Crippen molar-refractivity contribution < 1.29 is 14.3 Å². The van der Waals surface area contributed by atoms with Crippen LogP contribution in [0.5, 0.6) is 0 Å². The second kappa shape index (κ2) is 8.16. The molecule has 31 heavy (non-hydrogen) atoms. The summed E-state index contributed by atoms with van der Waals surface area (Å²) in [7, 11) is 0. The van der Waals surface area contributed by atoms with Crippen molar-refractivity contribution in [1.29, 1.82) is 0 Å². The van der Waals surface area contributed by atoms with Gasteiger partial charge in [0.25, 0.3) is 11.8 Å². The lowest BCUT2D eigenvalue weighted by molar-refractivity contribution is -0.709. The molecule has 0 fully saturated rings. The van der Waals surface area contributed by atoms with E-state index >= 15 is 0 Å². The second-order valence-corrected chi connectivity index (χ2v) is 7.63. The Morgan fingerprint density at radius 3 is 2.55 bits per heavy atom. The smallest absolute Gasteiger partial charge is 0.271 e. The highest BCUT2D eigenvalue weighted by atomic mass is 16.5. The van der Waals surface area contributed by atoms with E-state index in [1.807, 2.05) is 37.3 Å². The van der Waals surface area contributed by atoms with Gasteiger partial charge in [-0.05, 0) is 24.6 Å². The predicted molar refractivity (Wildman–Crippen MR) is 118 cm³/mol. The van der Waals surface area contributed by atoms with Crippen molar-refractivity contribution in [1.82, 2.24) is 15.4 Å². The maximum Gasteiger partial charge on any atom is 0.271 e. The Balaban J connectivity index is 1.36. The van der Waals surface area contributed by atoms with E-state index in [0.717, 1.165) is 11.1 Å². The molecule has 0 unspecified atom stereocenters. The Hall–Kier alpha value is -3.77. The molecule has 0 spiro atoms. The minimum Gasteiger partial charge on any atom is -0.415 e. The van der Waals surface area contributed by atoms with Crippen LogP contribution in [-0.2, 0) is 6.54 Å². The van der Waals surface area contributed by atoms with E-state index in [1.165, 1.54) is 16.3 Å². The molecule has 2 heterocycles. The van der Waals surface area contributed by atoms with E-state index in [2.05, 4.69) is 70.1 Å². The van der Waals surface area contributed by atoms with E-state index < -0.39 is 0 Å². The van der Waals surface area contributed by atoms with Crippen LogP contribution >= 0.6 is 0 Å². The molecule has 0 saturated heterocycles. The average molecular weight is 411 g/mol. The van der Waals surface area contributed by atoms with Gasteiger partial charge in [0.15, 0.2) is 6.54 Å². The molecule has 154 valence electrons. The summed E-state index contributed by atoms with van der Waals surface area (Å²) < 4.78 is 11.4. The summed E-state index contributed by atoms with van der Waals surface area (Å²) in [6.07, 6.45) is 0. The number of benzene rings is 3. The highest BCUT2D eigenvalue weighted by Crippen LogP contribution is 2.33. The van der Waals surface area contributed by atoms with Gasteiger partial charge in [0.05, 0.1) is 0 Å². The van der Waals surface area contributed by atoms with E-state index in [9.17, 15) is 0 Å². The molecule has 6 nitrogen and oxygen atoms in total. The lowest BCUT2D eigenvalue weighted by Crippen LogP contribution is -2.83. The van der Waals surface area contributed by atoms with Gasteiger partial charge in [0.2, 0.25) is 0 Å². The summed E-state index contributed by atoms with van der Waals surface area (Å²) in [5.74, 6) is 1.66. The maximum atomic E-state index is 5.99. The van der Waals surface area contributed by atoms with Crippen LogP contribution in [0.25, 0.3) is 33.5 Å². The van der Waals surface area contributed by atoms with Gasteiger partial charge in [-0.2, -0.15) is 0 Å². The van der Waals surface area contributed by atoms with Gasteiger partial charge >= 0.3 is 0 Å². The molecule has 6 heteroatoms. The molecular weight excluding hydrogens is 388 g/mol. The van der Waals surface area contributed by atoms with Crippen molar-refractivity contribution in [2.75, 3.05) is 0 Å². The molecule has 1 atom stereocenters. The molecule has 0 bridgehead atoms. The summed E-state index contributed by atoms with van der Waals surface area (Å²) in [6.45, 7) is 4.63. The van der Waals surface area contributed by atoms with Gasteiger partial charge in [-0.1, -0.05) is 78.0 Å². The third kappa shape index (κ3) is 3.73. The number of quaternary nitrogens is 1. The first-order valence-corrected chi connectivity index (χ1v) is 10.4. The summed E-state index contributed by atoms with van der Waals surface area (Å²) in [4.78, 5) is 0. The number of rotatable bonds is 6. The fraction of sp³-hybridized carbons (Fsp3) is 0.160. The maximum absolute atomic E-state index is 5.99. The fourth-order valence-electron chi connectivity index (χ4n) is 3.91. The van der Waals surface area contributed by atoms with Crippen LogP contribution in [0.2, 0.25) is 0 Å². The van der Waals surface area contributed by atoms with Crippen molar-refractivity contribution in [3.8, 4) is 22.7 Å². The van der Waals surface area contributed by atoms with Gasteiger partial charge in [0.1, 0.15) is 23.1 Å². The number of aromatic nitrogens is 3.